The third-order valence-corrected chi connectivity index (χ3v) is 4.26. The summed E-state index contributed by atoms with van der Waals surface area (Å²) in [5, 5.41) is 11.4. The number of hydrogen-bond acceptors (Lipinski definition) is 2. The maximum atomic E-state index is 10.2. The third-order valence-electron chi connectivity index (χ3n) is 2.93. The Morgan fingerprint density at radius 1 is 1.11 bits per heavy atom. The van der Waals surface area contributed by atoms with Crippen LogP contribution >= 0.6 is 35.0 Å². The van der Waals surface area contributed by atoms with E-state index in [0.29, 0.717) is 16.5 Å². The molecule has 0 heterocycles. The van der Waals surface area contributed by atoms with Gasteiger partial charge in [0.15, 0.2) is 0 Å². The van der Waals surface area contributed by atoms with Crippen LogP contribution in [0.4, 0.5) is 0 Å². The predicted octanol–water partition coefficient (Wildman–Crippen LogP) is 4.99. The smallest absolute Gasteiger partial charge is 0.0830 e. The zero-order valence-electron chi connectivity index (χ0n) is 10.4. The fraction of sp³-hybridized carbons (Fsp3) is 0.200. The minimum Gasteiger partial charge on any atom is -0.388 e. The van der Waals surface area contributed by atoms with Crippen LogP contribution in [0.15, 0.2) is 47.4 Å². The van der Waals surface area contributed by atoms with Crippen molar-refractivity contribution in [3.63, 3.8) is 0 Å². The lowest BCUT2D eigenvalue weighted by Gasteiger charge is -2.13. The molecule has 0 fully saturated rings. The maximum absolute atomic E-state index is 10.2. The summed E-state index contributed by atoms with van der Waals surface area (Å²) in [4.78, 5) is 1.18. The van der Waals surface area contributed by atoms with Crippen molar-refractivity contribution in [2.75, 3.05) is 6.26 Å². The minimum atomic E-state index is -0.561. The molecule has 0 spiro atoms. The average Bonchev–Trinajstić information content (AvgIpc) is 2.42. The van der Waals surface area contributed by atoms with Gasteiger partial charge in [-0.25, -0.2) is 0 Å². The molecule has 1 unspecified atom stereocenters. The molecule has 2 aromatic rings. The van der Waals surface area contributed by atoms with Crippen LogP contribution in [-0.4, -0.2) is 11.4 Å². The lowest BCUT2D eigenvalue weighted by atomic mass is 10.0. The fourth-order valence-electron chi connectivity index (χ4n) is 1.84. The summed E-state index contributed by atoms with van der Waals surface area (Å²) in [6, 6.07) is 13.2. The van der Waals surface area contributed by atoms with Gasteiger partial charge in [-0.3, -0.25) is 0 Å². The lowest BCUT2D eigenvalue weighted by molar-refractivity contribution is 0.178. The van der Waals surface area contributed by atoms with Crippen LogP contribution in [0.5, 0.6) is 0 Å². The number of aliphatic hydroxyl groups excluding tert-OH is 1. The lowest BCUT2D eigenvalue weighted by Crippen LogP contribution is -2.02. The highest BCUT2D eigenvalue weighted by molar-refractivity contribution is 7.98. The van der Waals surface area contributed by atoms with Gasteiger partial charge in [-0.2, -0.15) is 0 Å². The van der Waals surface area contributed by atoms with Gasteiger partial charge in [0.05, 0.1) is 6.10 Å². The third kappa shape index (κ3) is 3.90. The van der Waals surface area contributed by atoms with Gasteiger partial charge in [0, 0.05) is 21.4 Å². The first kappa shape index (κ1) is 14.7. The molecule has 1 atom stereocenters. The van der Waals surface area contributed by atoms with Crippen LogP contribution in [0.3, 0.4) is 0 Å². The zero-order chi connectivity index (χ0) is 13.8. The topological polar surface area (TPSA) is 20.2 Å². The van der Waals surface area contributed by atoms with E-state index in [0.717, 1.165) is 11.1 Å². The Labute approximate surface area is 127 Å². The summed E-state index contributed by atoms with van der Waals surface area (Å²) in [5.41, 5.74) is 1.79. The molecule has 0 saturated heterocycles. The van der Waals surface area contributed by atoms with Crippen molar-refractivity contribution >= 4 is 35.0 Å². The highest BCUT2D eigenvalue weighted by atomic mass is 35.5. The van der Waals surface area contributed by atoms with Gasteiger partial charge in [-0.1, -0.05) is 41.4 Å². The molecule has 0 aromatic heterocycles. The number of aliphatic hydroxyl groups is 1. The van der Waals surface area contributed by atoms with Crippen LogP contribution in [0.2, 0.25) is 10.0 Å². The van der Waals surface area contributed by atoms with Gasteiger partial charge >= 0.3 is 0 Å². The quantitative estimate of drug-likeness (QED) is 0.802. The summed E-state index contributed by atoms with van der Waals surface area (Å²) in [6.07, 6.45) is 1.95. The van der Waals surface area contributed by atoms with E-state index in [1.54, 1.807) is 23.9 Å². The molecule has 100 valence electrons. The van der Waals surface area contributed by atoms with Gasteiger partial charge in [0.2, 0.25) is 0 Å². The Bertz CT molecular complexity index is 555. The Kier molecular flexibility index (Phi) is 5.17. The van der Waals surface area contributed by atoms with E-state index in [-0.39, 0.29) is 0 Å². The molecule has 19 heavy (non-hydrogen) atoms. The first-order valence-corrected chi connectivity index (χ1v) is 7.84. The molecule has 0 amide bonds. The van der Waals surface area contributed by atoms with Crippen molar-refractivity contribution in [3.05, 3.63) is 63.6 Å². The van der Waals surface area contributed by atoms with E-state index >= 15 is 0 Å². The molecule has 0 radical (unpaired) electrons. The summed E-state index contributed by atoms with van der Waals surface area (Å²) < 4.78 is 0. The fourth-order valence-corrected chi connectivity index (χ4v) is 2.73. The maximum Gasteiger partial charge on any atom is 0.0830 e. The summed E-state index contributed by atoms with van der Waals surface area (Å²) in [5.74, 6) is 0. The molecule has 0 aliphatic heterocycles. The van der Waals surface area contributed by atoms with Gasteiger partial charge in [0.25, 0.3) is 0 Å². The number of halogens is 2. The second kappa shape index (κ2) is 6.67. The Morgan fingerprint density at radius 3 is 2.37 bits per heavy atom. The molecule has 0 aliphatic rings. The number of benzene rings is 2. The molecule has 2 rings (SSSR count). The van der Waals surface area contributed by atoms with Gasteiger partial charge < -0.3 is 5.11 Å². The second-order valence-electron chi connectivity index (χ2n) is 4.23. The minimum absolute atomic E-state index is 0.481. The molecule has 1 N–H and O–H groups in total. The summed E-state index contributed by atoms with van der Waals surface area (Å²) in [6.45, 7) is 0. The van der Waals surface area contributed by atoms with Gasteiger partial charge in [-0.05, 0) is 41.6 Å². The van der Waals surface area contributed by atoms with Crippen LogP contribution in [0, 0.1) is 0 Å². The van der Waals surface area contributed by atoms with E-state index in [2.05, 4.69) is 0 Å². The van der Waals surface area contributed by atoms with Crippen molar-refractivity contribution in [1.82, 2.24) is 0 Å². The summed E-state index contributed by atoms with van der Waals surface area (Å²) in [7, 11) is 0. The molecular formula is C15H14Cl2OS. The highest BCUT2D eigenvalue weighted by Gasteiger charge is 2.11. The van der Waals surface area contributed by atoms with Crippen molar-refractivity contribution in [3.8, 4) is 0 Å². The number of thioether (sulfide) groups is 1. The van der Waals surface area contributed by atoms with Gasteiger partial charge in [0.1, 0.15) is 0 Å². The Balaban J connectivity index is 2.13. The van der Waals surface area contributed by atoms with Crippen LogP contribution in [0.1, 0.15) is 17.2 Å². The number of rotatable bonds is 4. The SMILES string of the molecule is CSc1ccc(C(O)Cc2ccc(Cl)cc2Cl)cc1. The van der Waals surface area contributed by atoms with Crippen molar-refractivity contribution < 1.29 is 5.11 Å². The average molecular weight is 313 g/mol. The van der Waals surface area contributed by atoms with E-state index in [9.17, 15) is 5.11 Å². The largest absolute Gasteiger partial charge is 0.388 e. The predicted molar refractivity (Wildman–Crippen MR) is 83.3 cm³/mol. The van der Waals surface area contributed by atoms with Crippen LogP contribution < -0.4 is 0 Å². The van der Waals surface area contributed by atoms with Crippen LogP contribution in [-0.2, 0) is 6.42 Å². The molecule has 0 bridgehead atoms. The molecule has 2 aromatic carbocycles. The highest BCUT2D eigenvalue weighted by Crippen LogP contribution is 2.27. The normalized spacial score (nSPS) is 12.4. The zero-order valence-corrected chi connectivity index (χ0v) is 12.8. The molecular weight excluding hydrogens is 299 g/mol. The van der Waals surface area contributed by atoms with Crippen molar-refractivity contribution in [2.45, 2.75) is 17.4 Å². The van der Waals surface area contributed by atoms with Crippen molar-refractivity contribution in [2.24, 2.45) is 0 Å². The first-order valence-electron chi connectivity index (χ1n) is 5.86. The van der Waals surface area contributed by atoms with E-state index < -0.39 is 6.10 Å². The van der Waals surface area contributed by atoms with E-state index in [1.165, 1.54) is 4.90 Å². The monoisotopic (exact) mass is 312 g/mol. The standard InChI is InChI=1S/C15H14Cl2OS/c1-19-13-6-3-10(4-7-13)15(18)8-11-2-5-12(16)9-14(11)17/h2-7,9,15,18H,8H2,1H3. The second-order valence-corrected chi connectivity index (χ2v) is 5.95. The molecule has 4 heteroatoms. The van der Waals surface area contributed by atoms with E-state index in [1.807, 2.05) is 36.6 Å². The number of hydrogen-bond donors (Lipinski definition) is 1. The van der Waals surface area contributed by atoms with Gasteiger partial charge in [-0.15, -0.1) is 11.8 Å². The van der Waals surface area contributed by atoms with E-state index in [4.69, 9.17) is 23.2 Å². The molecule has 1 nitrogen and oxygen atoms in total. The Hall–Kier alpha value is -0.670. The molecule has 0 saturated carbocycles. The summed E-state index contributed by atoms with van der Waals surface area (Å²) >= 11 is 13.6. The first-order chi connectivity index (χ1) is 9.10. The Morgan fingerprint density at radius 2 is 1.79 bits per heavy atom. The van der Waals surface area contributed by atoms with Crippen LogP contribution in [0.25, 0.3) is 0 Å². The molecule has 0 aliphatic carbocycles. The van der Waals surface area contributed by atoms with Crippen molar-refractivity contribution in [1.29, 1.82) is 0 Å².